The zero-order valence-electron chi connectivity index (χ0n) is 26.0. The average Bonchev–Trinajstić information content (AvgIpc) is 3.01. The number of unbranched alkanes of at least 4 members (excludes halogenated alkanes) is 13. The van der Waals surface area contributed by atoms with E-state index in [0.29, 0.717) is 39.6 Å². The van der Waals surface area contributed by atoms with Crippen LogP contribution in [0, 0.1) is 0 Å². The van der Waals surface area contributed by atoms with Crippen LogP contribution in [0.3, 0.4) is 0 Å². The normalized spacial score (nSPS) is 12.9. The molecule has 2 N–H and O–H groups in total. The Kier molecular flexibility index (Phi) is 23.2. The molecular weight excluding hydrogens is 528 g/mol. The molecule has 238 valence electrons. The maximum atomic E-state index is 9.97. The van der Waals surface area contributed by atoms with Gasteiger partial charge < -0.3 is 29.2 Å². The molecule has 0 heterocycles. The molecule has 0 aromatic heterocycles. The van der Waals surface area contributed by atoms with Crippen molar-refractivity contribution in [1.82, 2.24) is 0 Å². The zero-order valence-corrected chi connectivity index (χ0v) is 26.0. The molecule has 0 aliphatic carbocycles. The Hall–Kier alpha value is -1.80. The molecule has 2 atom stereocenters. The van der Waals surface area contributed by atoms with Gasteiger partial charge in [0.15, 0.2) is 0 Å². The molecule has 2 aromatic carbocycles. The minimum atomic E-state index is -0.559. The van der Waals surface area contributed by atoms with E-state index in [1.165, 1.54) is 77.0 Å². The van der Waals surface area contributed by atoms with Crippen LogP contribution in [0.5, 0.6) is 0 Å². The highest BCUT2D eigenvalue weighted by molar-refractivity contribution is 5.14. The van der Waals surface area contributed by atoms with Crippen LogP contribution in [0.15, 0.2) is 60.7 Å². The van der Waals surface area contributed by atoms with Crippen LogP contribution in [-0.4, -0.2) is 62.1 Å². The summed E-state index contributed by atoms with van der Waals surface area (Å²) in [5.74, 6) is 0. The van der Waals surface area contributed by atoms with Crippen molar-refractivity contribution >= 4 is 0 Å². The van der Waals surface area contributed by atoms with Crippen molar-refractivity contribution in [2.45, 2.75) is 115 Å². The largest absolute Gasteiger partial charge is 0.388 e. The Bertz CT molecular complexity index is 749. The molecule has 0 aliphatic rings. The van der Waals surface area contributed by atoms with Gasteiger partial charge in [-0.05, 0) is 24.0 Å². The smallest absolute Gasteiger partial charge is 0.101 e. The van der Waals surface area contributed by atoms with E-state index in [0.717, 1.165) is 37.2 Å². The van der Waals surface area contributed by atoms with E-state index in [-0.39, 0.29) is 0 Å². The van der Waals surface area contributed by atoms with Crippen molar-refractivity contribution in [3.05, 3.63) is 71.8 Å². The van der Waals surface area contributed by atoms with Gasteiger partial charge in [0.25, 0.3) is 0 Å². The van der Waals surface area contributed by atoms with Crippen molar-refractivity contribution < 1.29 is 29.2 Å². The quantitative estimate of drug-likeness (QED) is 0.0954. The lowest BCUT2D eigenvalue weighted by Crippen LogP contribution is -2.22. The predicted molar refractivity (Wildman–Crippen MR) is 170 cm³/mol. The monoisotopic (exact) mass is 586 g/mol. The van der Waals surface area contributed by atoms with Crippen LogP contribution >= 0.6 is 0 Å². The first-order chi connectivity index (χ1) is 20.7. The predicted octanol–water partition coefficient (Wildman–Crippen LogP) is 7.64. The summed E-state index contributed by atoms with van der Waals surface area (Å²) in [5, 5.41) is 19.9. The Balaban J connectivity index is 1.20. The molecule has 42 heavy (non-hydrogen) atoms. The maximum Gasteiger partial charge on any atom is 0.101 e. The molecule has 0 spiro atoms. The fraction of sp³-hybridized carbons (Fsp3) is 0.667. The van der Waals surface area contributed by atoms with Crippen molar-refractivity contribution in [2.24, 2.45) is 0 Å². The zero-order chi connectivity index (χ0) is 29.8. The Labute approximate surface area is 255 Å². The highest BCUT2D eigenvalue weighted by Crippen LogP contribution is 2.13. The summed E-state index contributed by atoms with van der Waals surface area (Å²) in [5.41, 5.74) is 2.23. The van der Waals surface area contributed by atoms with Crippen LogP contribution in [0.1, 0.15) is 101 Å². The van der Waals surface area contributed by atoms with E-state index in [1.54, 1.807) is 0 Å². The molecule has 0 saturated heterocycles. The van der Waals surface area contributed by atoms with Gasteiger partial charge in [0.2, 0.25) is 0 Å². The van der Waals surface area contributed by atoms with Gasteiger partial charge in [-0.1, -0.05) is 138 Å². The first-order valence-electron chi connectivity index (χ1n) is 16.5. The molecule has 6 heteroatoms. The van der Waals surface area contributed by atoms with E-state index in [4.69, 9.17) is 18.9 Å². The van der Waals surface area contributed by atoms with Gasteiger partial charge in [0, 0.05) is 13.2 Å². The summed E-state index contributed by atoms with van der Waals surface area (Å²) in [6.45, 7) is 3.80. The summed E-state index contributed by atoms with van der Waals surface area (Å²) in [7, 11) is 0. The third-order valence-corrected chi connectivity index (χ3v) is 7.29. The Morgan fingerprint density at radius 3 is 1.00 bits per heavy atom. The molecule has 2 rings (SSSR count). The third-order valence-electron chi connectivity index (χ3n) is 7.29. The van der Waals surface area contributed by atoms with Gasteiger partial charge in [0.1, 0.15) is 12.2 Å². The highest BCUT2D eigenvalue weighted by atomic mass is 16.5. The van der Waals surface area contributed by atoms with Gasteiger partial charge in [-0.3, -0.25) is 0 Å². The molecule has 6 nitrogen and oxygen atoms in total. The molecule has 0 bridgehead atoms. The van der Waals surface area contributed by atoms with E-state index >= 15 is 0 Å². The first kappa shape index (κ1) is 36.4. The second kappa shape index (κ2) is 26.8. The topological polar surface area (TPSA) is 77.4 Å². The van der Waals surface area contributed by atoms with Crippen LogP contribution in [0.2, 0.25) is 0 Å². The molecule has 0 unspecified atom stereocenters. The lowest BCUT2D eigenvalue weighted by atomic mass is 10.0. The van der Waals surface area contributed by atoms with E-state index in [9.17, 15) is 10.2 Å². The maximum absolute atomic E-state index is 9.97. The van der Waals surface area contributed by atoms with Crippen LogP contribution in [0.4, 0.5) is 0 Å². The summed E-state index contributed by atoms with van der Waals surface area (Å²) in [6, 6.07) is 20.0. The minimum absolute atomic E-state index is 0.310. The van der Waals surface area contributed by atoms with Gasteiger partial charge in [-0.15, -0.1) is 0 Å². The highest BCUT2D eigenvalue weighted by Gasteiger charge is 2.06. The van der Waals surface area contributed by atoms with E-state index < -0.39 is 12.2 Å². The number of ether oxygens (including phenoxy) is 4. The second-order valence-electron chi connectivity index (χ2n) is 11.4. The van der Waals surface area contributed by atoms with Crippen LogP contribution < -0.4 is 0 Å². The fourth-order valence-electron chi connectivity index (χ4n) is 4.84. The molecule has 0 radical (unpaired) electrons. The minimum Gasteiger partial charge on any atom is -0.388 e. The number of aliphatic hydroxyl groups is 2. The van der Waals surface area contributed by atoms with Gasteiger partial charge in [0.05, 0.1) is 39.6 Å². The molecule has 0 fully saturated rings. The third kappa shape index (κ3) is 21.8. The molecular formula is C36H58O6. The number of aliphatic hydroxyl groups excluding tert-OH is 2. The van der Waals surface area contributed by atoms with Crippen molar-refractivity contribution in [1.29, 1.82) is 0 Å². The lowest BCUT2D eigenvalue weighted by molar-refractivity contribution is -0.0239. The van der Waals surface area contributed by atoms with Gasteiger partial charge in [-0.2, -0.15) is 0 Å². The lowest BCUT2D eigenvalue weighted by Gasteiger charge is -2.12. The molecule has 0 saturated carbocycles. The van der Waals surface area contributed by atoms with Crippen LogP contribution in [0.25, 0.3) is 0 Å². The van der Waals surface area contributed by atoms with E-state index in [2.05, 4.69) is 0 Å². The van der Waals surface area contributed by atoms with E-state index in [1.807, 2.05) is 60.7 Å². The Morgan fingerprint density at radius 2 is 0.667 bits per heavy atom. The van der Waals surface area contributed by atoms with Crippen molar-refractivity contribution in [3.63, 3.8) is 0 Å². The van der Waals surface area contributed by atoms with Crippen molar-refractivity contribution in [3.8, 4) is 0 Å². The summed E-state index contributed by atoms with van der Waals surface area (Å²) in [6.07, 6.45) is 16.7. The average molecular weight is 587 g/mol. The van der Waals surface area contributed by atoms with Gasteiger partial charge >= 0.3 is 0 Å². The number of rotatable bonds is 29. The molecule has 0 amide bonds. The molecule has 2 aromatic rings. The number of hydrogen-bond donors (Lipinski definition) is 2. The van der Waals surface area contributed by atoms with Gasteiger partial charge in [-0.25, -0.2) is 0 Å². The Morgan fingerprint density at radius 1 is 0.381 bits per heavy atom. The second-order valence-corrected chi connectivity index (χ2v) is 11.4. The standard InChI is InChI=1S/C36H58O6/c37-35(31-41-27-33-21-15-13-16-22-33)29-39-25-19-11-9-7-5-3-1-2-4-6-8-10-12-20-26-40-30-36(38)32-42-28-34-23-17-14-18-24-34/h13-18,21-24,35-38H,1-12,19-20,25-32H2/t35-,36-/m1/s1. The van der Waals surface area contributed by atoms with Crippen molar-refractivity contribution in [2.75, 3.05) is 39.6 Å². The van der Waals surface area contributed by atoms with Crippen LogP contribution in [-0.2, 0) is 32.2 Å². The fourth-order valence-corrected chi connectivity index (χ4v) is 4.84. The first-order valence-corrected chi connectivity index (χ1v) is 16.5. The SMILES string of the molecule is O[C@H](COCCCCCCCCCCCCCCCCOC[C@@H](O)COCc1ccccc1)COCc1ccccc1. The number of hydrogen-bond acceptors (Lipinski definition) is 6. The summed E-state index contributed by atoms with van der Waals surface area (Å²) in [4.78, 5) is 0. The number of benzene rings is 2. The molecule has 0 aliphatic heterocycles. The summed E-state index contributed by atoms with van der Waals surface area (Å²) < 4.78 is 22.3. The summed E-state index contributed by atoms with van der Waals surface area (Å²) >= 11 is 0.